The second kappa shape index (κ2) is 6.79. The van der Waals surface area contributed by atoms with E-state index in [0.29, 0.717) is 17.1 Å². The van der Waals surface area contributed by atoms with Gasteiger partial charge in [0.1, 0.15) is 0 Å². The quantitative estimate of drug-likeness (QED) is 0.546. The molecule has 3 aromatic carbocycles. The van der Waals surface area contributed by atoms with E-state index in [9.17, 15) is 9.59 Å². The van der Waals surface area contributed by atoms with Crippen LogP contribution < -0.4 is 16.5 Å². The summed E-state index contributed by atoms with van der Waals surface area (Å²) in [7, 11) is 0. The highest BCUT2D eigenvalue weighted by atomic mass is 16.2. The van der Waals surface area contributed by atoms with Crippen molar-refractivity contribution in [2.45, 2.75) is 6.54 Å². The number of rotatable bonds is 3. The molecule has 0 spiro atoms. The van der Waals surface area contributed by atoms with Crippen molar-refractivity contribution in [2.24, 2.45) is 5.10 Å². The number of nitrogens with zero attached hydrogens (tertiary/aromatic N) is 5. The van der Waals surface area contributed by atoms with Crippen molar-refractivity contribution in [2.75, 3.05) is 5.12 Å². The van der Waals surface area contributed by atoms with Crippen LogP contribution in [0.3, 0.4) is 0 Å². The molecule has 0 aliphatic carbocycles. The van der Waals surface area contributed by atoms with Gasteiger partial charge in [-0.2, -0.15) is 5.10 Å². The van der Waals surface area contributed by atoms with Crippen molar-refractivity contribution in [1.29, 1.82) is 0 Å². The van der Waals surface area contributed by atoms with Crippen molar-refractivity contribution in [3.8, 4) is 5.69 Å². The third-order valence-corrected chi connectivity index (χ3v) is 4.81. The number of anilines is 1. The van der Waals surface area contributed by atoms with Gasteiger partial charge >= 0.3 is 11.4 Å². The molecule has 0 N–H and O–H groups in total. The Hall–Kier alpha value is -4.13. The summed E-state index contributed by atoms with van der Waals surface area (Å²) >= 11 is 0. The molecule has 0 bridgehead atoms. The lowest BCUT2D eigenvalue weighted by atomic mass is 10.1. The van der Waals surface area contributed by atoms with Gasteiger partial charge in [-0.3, -0.25) is 0 Å². The lowest BCUT2D eigenvalue weighted by molar-refractivity contribution is 0.463. The van der Waals surface area contributed by atoms with Crippen LogP contribution in [-0.2, 0) is 6.54 Å². The summed E-state index contributed by atoms with van der Waals surface area (Å²) in [5.41, 5.74) is 1.91. The van der Waals surface area contributed by atoms with Crippen LogP contribution in [0.5, 0.6) is 0 Å². The fourth-order valence-electron chi connectivity index (χ4n) is 3.43. The normalized spacial score (nSPS) is 13.1. The second-order valence-electron chi connectivity index (χ2n) is 6.62. The zero-order valence-electron chi connectivity index (χ0n) is 15.4. The van der Waals surface area contributed by atoms with Gasteiger partial charge in [0.15, 0.2) is 0 Å². The first-order valence-corrected chi connectivity index (χ1v) is 9.23. The number of hydrogen-bond acceptors (Lipinski definition) is 4. The van der Waals surface area contributed by atoms with E-state index in [2.05, 4.69) is 0 Å². The van der Waals surface area contributed by atoms with Crippen LogP contribution in [0.2, 0.25) is 0 Å². The largest absolute Gasteiger partial charge is 0.373 e. The minimum Gasteiger partial charge on any atom is -0.245 e. The van der Waals surface area contributed by atoms with Crippen LogP contribution in [0, 0.1) is 0 Å². The zero-order valence-corrected chi connectivity index (χ0v) is 15.4. The number of hydrogen-bond donors (Lipinski definition) is 0. The van der Waals surface area contributed by atoms with Crippen molar-refractivity contribution in [3.63, 3.8) is 0 Å². The van der Waals surface area contributed by atoms with Crippen LogP contribution in [0.25, 0.3) is 5.69 Å². The first-order valence-electron chi connectivity index (χ1n) is 9.23. The first kappa shape index (κ1) is 17.0. The van der Waals surface area contributed by atoms with Crippen molar-refractivity contribution < 1.29 is 0 Å². The molecule has 0 fully saturated rings. The minimum absolute atomic E-state index is 0.196. The van der Waals surface area contributed by atoms with Gasteiger partial charge in [-0.1, -0.05) is 66.7 Å². The molecule has 0 saturated carbocycles. The molecular weight excluding hydrogens is 366 g/mol. The van der Waals surface area contributed by atoms with Gasteiger partial charge in [-0.25, -0.2) is 18.8 Å². The number of aromatic nitrogens is 3. The van der Waals surface area contributed by atoms with Crippen molar-refractivity contribution >= 4 is 11.4 Å². The van der Waals surface area contributed by atoms with Crippen molar-refractivity contribution in [1.82, 2.24) is 14.0 Å². The smallest absolute Gasteiger partial charge is 0.245 e. The molecule has 1 aliphatic rings. The molecule has 7 nitrogen and oxygen atoms in total. The molecule has 4 aromatic rings. The van der Waals surface area contributed by atoms with Crippen LogP contribution in [-0.4, -0.2) is 19.8 Å². The monoisotopic (exact) mass is 383 g/mol. The summed E-state index contributed by atoms with van der Waals surface area (Å²) < 4.78 is 2.58. The molecular formula is C22H17N5O2. The van der Waals surface area contributed by atoms with Gasteiger partial charge in [0.05, 0.1) is 23.6 Å². The molecule has 142 valence electrons. The molecule has 0 atom stereocenters. The van der Waals surface area contributed by atoms with Crippen LogP contribution in [0.1, 0.15) is 5.56 Å². The van der Waals surface area contributed by atoms with Crippen LogP contribution >= 0.6 is 0 Å². The second-order valence-corrected chi connectivity index (χ2v) is 6.62. The Morgan fingerprint density at radius 2 is 1.21 bits per heavy atom. The Kier molecular flexibility index (Phi) is 3.98. The molecule has 29 heavy (non-hydrogen) atoms. The Labute approximate surface area is 165 Å². The maximum Gasteiger partial charge on any atom is 0.373 e. The van der Waals surface area contributed by atoms with E-state index in [4.69, 9.17) is 5.10 Å². The average molecular weight is 383 g/mol. The fourth-order valence-corrected chi connectivity index (χ4v) is 3.43. The number of benzene rings is 3. The summed E-state index contributed by atoms with van der Waals surface area (Å²) in [5, 5.41) is 6.19. The maximum atomic E-state index is 13.3. The third kappa shape index (κ3) is 2.80. The molecule has 1 aromatic heterocycles. The van der Waals surface area contributed by atoms with Gasteiger partial charge in [0.25, 0.3) is 0 Å². The minimum atomic E-state index is -0.471. The lowest BCUT2D eigenvalue weighted by Crippen LogP contribution is -2.45. The maximum absolute atomic E-state index is 13.3. The summed E-state index contributed by atoms with van der Waals surface area (Å²) in [6.45, 7) is 0.196. The fraction of sp³-hybridized carbons (Fsp3) is 0.0455. The summed E-state index contributed by atoms with van der Waals surface area (Å²) in [6, 6.07) is 27.9. The first-order chi connectivity index (χ1) is 14.2. The zero-order chi connectivity index (χ0) is 19.8. The highest BCUT2D eigenvalue weighted by Crippen LogP contribution is 2.18. The summed E-state index contributed by atoms with van der Waals surface area (Å²) in [6.07, 6.45) is 0. The number of para-hydroxylation sites is 2. The van der Waals surface area contributed by atoms with Gasteiger partial charge in [0, 0.05) is 0 Å². The summed E-state index contributed by atoms with van der Waals surface area (Å²) in [4.78, 5) is 27.8. The van der Waals surface area contributed by atoms with Crippen LogP contribution in [0.4, 0.5) is 5.69 Å². The molecule has 2 heterocycles. The van der Waals surface area contributed by atoms with Crippen molar-refractivity contribution in [3.05, 3.63) is 118 Å². The molecule has 0 amide bonds. The Bertz CT molecular complexity index is 1300. The highest BCUT2D eigenvalue weighted by molar-refractivity contribution is 6.01. The number of fused-ring (bicyclic) bond motifs is 1. The van der Waals surface area contributed by atoms with E-state index >= 15 is 0 Å². The van der Waals surface area contributed by atoms with E-state index in [-0.39, 0.29) is 6.54 Å². The van der Waals surface area contributed by atoms with Crippen LogP contribution in [0.15, 0.2) is 106 Å². The lowest BCUT2D eigenvalue weighted by Gasteiger charge is -2.27. The Morgan fingerprint density at radius 3 is 1.83 bits per heavy atom. The van der Waals surface area contributed by atoms with Gasteiger partial charge < -0.3 is 0 Å². The molecule has 0 unspecified atom stereocenters. The van der Waals surface area contributed by atoms with E-state index in [1.165, 1.54) is 19.2 Å². The highest BCUT2D eigenvalue weighted by Gasteiger charge is 2.28. The van der Waals surface area contributed by atoms with E-state index in [1.807, 2.05) is 66.7 Å². The molecule has 0 radical (unpaired) electrons. The molecule has 1 aliphatic heterocycles. The standard InChI is InChI=1S/C22H17N5O2/c28-21-24-16-20(17-10-4-1-5-11-17)23-26(19-14-8-3-9-15-19)27(24)22(29)25(21)18-12-6-2-7-13-18/h1-15H,16H2. The Morgan fingerprint density at radius 1 is 0.655 bits per heavy atom. The predicted molar refractivity (Wildman–Crippen MR) is 112 cm³/mol. The molecule has 5 rings (SSSR count). The topological polar surface area (TPSA) is 64.5 Å². The molecule has 0 saturated heterocycles. The van der Waals surface area contributed by atoms with Gasteiger partial charge in [-0.05, 0) is 29.8 Å². The predicted octanol–water partition coefficient (Wildman–Crippen LogP) is 2.49. The van der Waals surface area contributed by atoms with Gasteiger partial charge in [0.2, 0.25) is 0 Å². The average Bonchev–Trinajstić information content (AvgIpc) is 3.05. The van der Waals surface area contributed by atoms with Gasteiger partial charge in [-0.15, -0.1) is 9.91 Å². The van der Waals surface area contributed by atoms with E-state index < -0.39 is 11.4 Å². The SMILES string of the molecule is O=c1n(-c2ccccc2)c(=O)n2n1CC(c1ccccc1)=NN2c1ccccc1. The Balaban J connectivity index is 1.76. The van der Waals surface area contributed by atoms with E-state index in [1.54, 1.807) is 24.3 Å². The molecule has 7 heteroatoms. The third-order valence-electron chi connectivity index (χ3n) is 4.81. The summed E-state index contributed by atoms with van der Waals surface area (Å²) in [5.74, 6) is 0. The van der Waals surface area contributed by atoms with E-state index in [0.717, 1.165) is 5.56 Å². The number of hydrazone groups is 1.